The predicted octanol–water partition coefficient (Wildman–Crippen LogP) is -0.989. The van der Waals surface area contributed by atoms with Gasteiger partial charge in [-0.05, 0) is 0 Å². The van der Waals surface area contributed by atoms with Gasteiger partial charge in [-0.2, -0.15) is 0 Å². The average molecular weight is 246 g/mol. The van der Waals surface area contributed by atoms with E-state index in [4.69, 9.17) is 15.5 Å². The minimum absolute atomic E-state index is 0.0610. The van der Waals surface area contributed by atoms with Crippen LogP contribution >= 0.6 is 7.60 Å². The standard InChI is InChI=1S/C8H11N2O5P/c9-5-6(8(12)7(5)11)10-3-1-2-4-16(13,14)15/h1-2,10H,3-4,9H2,(H2,13,14,15). The van der Waals surface area contributed by atoms with Gasteiger partial charge in [0.05, 0.1) is 6.16 Å². The van der Waals surface area contributed by atoms with Gasteiger partial charge in [0.25, 0.3) is 10.9 Å². The Morgan fingerprint density at radius 3 is 2.38 bits per heavy atom. The van der Waals surface area contributed by atoms with Crippen LogP contribution in [-0.4, -0.2) is 22.5 Å². The molecule has 1 aromatic rings. The number of nitrogens with two attached hydrogens (primary N) is 1. The first-order valence-corrected chi connectivity index (χ1v) is 6.15. The molecule has 5 N–H and O–H groups in total. The van der Waals surface area contributed by atoms with Crippen LogP contribution in [0, 0.1) is 0 Å². The lowest BCUT2D eigenvalue weighted by Crippen LogP contribution is -2.37. The van der Waals surface area contributed by atoms with Gasteiger partial charge >= 0.3 is 7.60 Å². The highest BCUT2D eigenvalue weighted by Gasteiger charge is 2.16. The van der Waals surface area contributed by atoms with Gasteiger partial charge in [-0.25, -0.2) is 0 Å². The molecule has 7 nitrogen and oxygen atoms in total. The maximum atomic E-state index is 10.9. The Balaban J connectivity index is 2.41. The van der Waals surface area contributed by atoms with Crippen LogP contribution < -0.4 is 21.9 Å². The normalized spacial score (nSPS) is 12.4. The summed E-state index contributed by atoms with van der Waals surface area (Å²) in [6.07, 6.45) is 2.36. The van der Waals surface area contributed by atoms with E-state index in [1.54, 1.807) is 0 Å². The third-order valence-electron chi connectivity index (χ3n) is 1.85. The lowest BCUT2D eigenvalue weighted by atomic mass is 10.2. The SMILES string of the molecule is Nc1c(NCC=CCP(=O)(O)O)c(=O)c1=O. The molecule has 0 atom stereocenters. The van der Waals surface area contributed by atoms with Crippen LogP contribution in [0.3, 0.4) is 0 Å². The van der Waals surface area contributed by atoms with Crippen molar-refractivity contribution in [3.8, 4) is 0 Å². The Morgan fingerprint density at radius 1 is 1.25 bits per heavy atom. The Bertz CT molecular complexity index is 523. The van der Waals surface area contributed by atoms with E-state index in [0.717, 1.165) is 0 Å². The maximum absolute atomic E-state index is 10.9. The molecule has 0 bridgehead atoms. The van der Waals surface area contributed by atoms with Crippen LogP contribution in [-0.2, 0) is 4.57 Å². The molecule has 0 unspecified atom stereocenters. The van der Waals surface area contributed by atoms with Gasteiger partial charge in [0.15, 0.2) is 0 Å². The molecule has 1 aromatic carbocycles. The summed E-state index contributed by atoms with van der Waals surface area (Å²) in [7, 11) is -4.03. The van der Waals surface area contributed by atoms with E-state index in [1.165, 1.54) is 12.2 Å². The zero-order chi connectivity index (χ0) is 12.3. The van der Waals surface area contributed by atoms with Crippen molar-refractivity contribution in [2.75, 3.05) is 23.8 Å². The fourth-order valence-corrected chi connectivity index (χ4v) is 1.46. The summed E-state index contributed by atoms with van der Waals surface area (Å²) in [5, 5.41) is 2.58. The van der Waals surface area contributed by atoms with Gasteiger partial charge in [-0.15, -0.1) is 0 Å². The summed E-state index contributed by atoms with van der Waals surface area (Å²) in [6.45, 7) is 0.176. The number of hydrogen-bond donors (Lipinski definition) is 4. The van der Waals surface area contributed by atoms with E-state index in [9.17, 15) is 14.2 Å². The van der Waals surface area contributed by atoms with Crippen molar-refractivity contribution in [2.45, 2.75) is 0 Å². The fraction of sp³-hybridized carbons (Fsp3) is 0.250. The average Bonchev–Trinajstić information content (AvgIpc) is 2.20. The van der Waals surface area contributed by atoms with E-state index in [-0.39, 0.29) is 24.1 Å². The molecule has 0 aliphatic heterocycles. The Morgan fingerprint density at radius 2 is 1.88 bits per heavy atom. The smallest absolute Gasteiger partial charge is 0.329 e. The van der Waals surface area contributed by atoms with Gasteiger partial charge in [0.1, 0.15) is 11.4 Å². The molecule has 0 spiro atoms. The zero-order valence-electron chi connectivity index (χ0n) is 8.21. The van der Waals surface area contributed by atoms with Gasteiger partial charge in [-0.3, -0.25) is 14.2 Å². The summed E-state index contributed by atoms with van der Waals surface area (Å²) in [5.74, 6) is 0. The first kappa shape index (κ1) is 12.6. The fourth-order valence-electron chi connectivity index (χ4n) is 1.04. The Hall–Kier alpha value is -1.43. The molecule has 0 fully saturated rings. The number of nitrogens with one attached hydrogen (secondary N) is 1. The van der Waals surface area contributed by atoms with Gasteiger partial charge in [-0.1, -0.05) is 12.2 Å². The summed E-state index contributed by atoms with van der Waals surface area (Å²) < 4.78 is 10.4. The Labute approximate surface area is 90.4 Å². The van der Waals surface area contributed by atoms with Crippen molar-refractivity contribution in [3.63, 3.8) is 0 Å². The summed E-state index contributed by atoms with van der Waals surface area (Å²) in [6, 6.07) is 0. The third kappa shape index (κ3) is 3.03. The van der Waals surface area contributed by atoms with E-state index >= 15 is 0 Å². The molecular weight excluding hydrogens is 235 g/mol. The van der Waals surface area contributed by atoms with E-state index in [0.29, 0.717) is 0 Å². The summed E-state index contributed by atoms with van der Waals surface area (Å²) in [5.41, 5.74) is 3.82. The second kappa shape index (κ2) is 4.61. The van der Waals surface area contributed by atoms with Crippen LogP contribution in [0.4, 0.5) is 11.4 Å². The van der Waals surface area contributed by atoms with E-state index < -0.39 is 18.5 Å². The number of allylic oxidation sites excluding steroid dienone is 1. The topological polar surface area (TPSA) is 130 Å². The molecule has 0 aliphatic rings. The van der Waals surface area contributed by atoms with Crippen LogP contribution in [0.1, 0.15) is 0 Å². The quantitative estimate of drug-likeness (QED) is 0.298. The minimum Gasteiger partial charge on any atom is -0.394 e. The number of anilines is 2. The highest BCUT2D eigenvalue weighted by atomic mass is 31.2. The first-order chi connectivity index (χ1) is 7.33. The molecule has 0 heterocycles. The van der Waals surface area contributed by atoms with Crippen molar-refractivity contribution in [1.29, 1.82) is 0 Å². The molecule has 0 amide bonds. The summed E-state index contributed by atoms with van der Waals surface area (Å²) >= 11 is 0. The minimum atomic E-state index is -4.03. The van der Waals surface area contributed by atoms with E-state index in [2.05, 4.69) is 5.32 Å². The summed E-state index contributed by atoms with van der Waals surface area (Å²) in [4.78, 5) is 38.6. The van der Waals surface area contributed by atoms with Crippen LogP contribution in [0.2, 0.25) is 0 Å². The highest BCUT2D eigenvalue weighted by Crippen LogP contribution is 2.33. The third-order valence-corrected chi connectivity index (χ3v) is 2.54. The van der Waals surface area contributed by atoms with Gasteiger partial charge < -0.3 is 20.8 Å². The number of hydrogen-bond acceptors (Lipinski definition) is 5. The molecule has 0 radical (unpaired) electrons. The zero-order valence-corrected chi connectivity index (χ0v) is 9.11. The predicted molar refractivity (Wildman–Crippen MR) is 60.3 cm³/mol. The van der Waals surface area contributed by atoms with Gasteiger partial charge in [0.2, 0.25) is 0 Å². The molecule has 1 rings (SSSR count). The van der Waals surface area contributed by atoms with Crippen molar-refractivity contribution >= 4 is 19.0 Å². The van der Waals surface area contributed by atoms with Crippen molar-refractivity contribution < 1.29 is 14.4 Å². The van der Waals surface area contributed by atoms with Crippen molar-refractivity contribution in [2.24, 2.45) is 0 Å². The lowest BCUT2D eigenvalue weighted by molar-refractivity contribution is 0.377. The molecule has 8 heteroatoms. The highest BCUT2D eigenvalue weighted by molar-refractivity contribution is 7.51. The first-order valence-electron chi connectivity index (χ1n) is 4.35. The van der Waals surface area contributed by atoms with Crippen LogP contribution in [0.25, 0.3) is 0 Å². The second-order valence-corrected chi connectivity index (χ2v) is 4.84. The van der Waals surface area contributed by atoms with E-state index in [1.807, 2.05) is 0 Å². The maximum Gasteiger partial charge on any atom is 0.329 e. The van der Waals surface area contributed by atoms with Crippen LogP contribution in [0.5, 0.6) is 0 Å². The monoisotopic (exact) mass is 246 g/mol. The molecule has 88 valence electrons. The van der Waals surface area contributed by atoms with Crippen LogP contribution in [0.15, 0.2) is 21.7 Å². The van der Waals surface area contributed by atoms with Crippen molar-refractivity contribution in [1.82, 2.24) is 0 Å². The lowest BCUT2D eigenvalue weighted by Gasteiger charge is -2.07. The molecule has 16 heavy (non-hydrogen) atoms. The van der Waals surface area contributed by atoms with Crippen molar-refractivity contribution in [3.05, 3.63) is 32.6 Å². The molecular formula is C8H11N2O5P. The number of nitrogen functional groups attached to an aromatic ring is 1. The number of rotatable bonds is 5. The molecule has 0 aliphatic carbocycles. The molecule has 0 saturated carbocycles. The van der Waals surface area contributed by atoms with Gasteiger partial charge in [0, 0.05) is 6.54 Å². The Kier molecular flexibility index (Phi) is 3.64. The molecule has 0 aromatic heterocycles. The second-order valence-electron chi connectivity index (χ2n) is 3.15. The largest absolute Gasteiger partial charge is 0.394 e. The molecule has 0 saturated heterocycles.